The van der Waals surface area contributed by atoms with E-state index in [1.54, 1.807) is 0 Å². The molecule has 0 bridgehead atoms. The van der Waals surface area contributed by atoms with E-state index < -0.39 is 12.7 Å². The average Bonchev–Trinajstić information content (AvgIpc) is 2.21. The van der Waals surface area contributed by atoms with Crippen molar-refractivity contribution in [3.63, 3.8) is 0 Å². The first-order valence-electron chi connectivity index (χ1n) is 4.04. The number of rotatable bonds is 5. The molecule has 0 aliphatic heterocycles. The van der Waals surface area contributed by atoms with Crippen LogP contribution in [-0.2, 0) is 0 Å². The Bertz CT molecular complexity index is 325. The van der Waals surface area contributed by atoms with E-state index >= 15 is 0 Å². The zero-order valence-corrected chi connectivity index (χ0v) is 8.35. The fourth-order valence-corrected chi connectivity index (χ4v) is 0.542. The molecule has 0 aromatic rings. The molecule has 0 fully saturated rings. The monoisotopic (exact) mass is 230 g/mol. The fourth-order valence-electron chi connectivity index (χ4n) is 0.542. The van der Waals surface area contributed by atoms with Crippen LogP contribution in [0.3, 0.4) is 0 Å². The highest BCUT2D eigenvalue weighted by Gasteiger charge is 2.09. The summed E-state index contributed by atoms with van der Waals surface area (Å²) in [5.74, 6) is -0.575. The Morgan fingerprint density at radius 2 is 1.62 bits per heavy atom. The summed E-state index contributed by atoms with van der Waals surface area (Å²) in [6, 6.07) is 0. The fraction of sp³-hybridized carbons (Fsp3) is 0.333. The molecule has 0 unspecified atom stereocenters. The molecule has 0 aromatic heterocycles. The van der Waals surface area contributed by atoms with Crippen LogP contribution >= 0.6 is 0 Å². The van der Waals surface area contributed by atoms with Crippen LogP contribution in [0.25, 0.3) is 0 Å². The number of aliphatic hydroxyl groups excluding tert-OH is 2. The van der Waals surface area contributed by atoms with E-state index in [2.05, 4.69) is 20.4 Å². The van der Waals surface area contributed by atoms with Gasteiger partial charge in [0.05, 0.1) is 12.8 Å². The molecule has 0 spiro atoms. The summed E-state index contributed by atoms with van der Waals surface area (Å²) in [5.41, 5.74) is 20.0. The van der Waals surface area contributed by atoms with Crippen molar-refractivity contribution in [2.75, 3.05) is 6.61 Å². The summed E-state index contributed by atoms with van der Waals surface area (Å²) in [6.45, 7) is -0.577. The van der Waals surface area contributed by atoms with E-state index in [0.717, 1.165) is 6.21 Å². The van der Waals surface area contributed by atoms with E-state index in [1.807, 2.05) is 0 Å². The van der Waals surface area contributed by atoms with Gasteiger partial charge in [0.1, 0.15) is 11.8 Å². The van der Waals surface area contributed by atoms with E-state index in [9.17, 15) is 5.11 Å². The molecular formula is C6H14N8O2. The average molecular weight is 230 g/mol. The molecule has 0 heterocycles. The highest BCUT2D eigenvalue weighted by Crippen LogP contribution is 1.88. The smallest absolute Gasteiger partial charge is 0.211 e. The lowest BCUT2D eigenvalue weighted by Crippen LogP contribution is -2.27. The zero-order valence-electron chi connectivity index (χ0n) is 8.35. The third kappa shape index (κ3) is 6.28. The standard InChI is InChI=1S/C6H14N8O2/c7-5(8)13-11-1-3(4(16)2-15)12-14-6(9)10/h1,4,15-16H,2H2,(H4,7,8,13)(H4,9,10,14)/t4-/m1/s1. The van der Waals surface area contributed by atoms with Crippen molar-refractivity contribution in [2.45, 2.75) is 6.10 Å². The number of aliphatic hydroxyl groups is 2. The van der Waals surface area contributed by atoms with Crippen molar-refractivity contribution in [1.29, 1.82) is 0 Å². The Morgan fingerprint density at radius 3 is 2.06 bits per heavy atom. The molecule has 0 amide bonds. The largest absolute Gasteiger partial charge is 0.393 e. The van der Waals surface area contributed by atoms with Crippen LogP contribution in [0.2, 0.25) is 0 Å². The lowest BCUT2D eigenvalue weighted by Gasteiger charge is -2.03. The molecule has 0 aliphatic carbocycles. The molecule has 0 aromatic carbocycles. The van der Waals surface area contributed by atoms with Gasteiger partial charge in [-0.1, -0.05) is 0 Å². The number of nitrogens with zero attached hydrogens (tertiary/aromatic N) is 4. The Kier molecular flexibility index (Phi) is 6.16. The van der Waals surface area contributed by atoms with E-state index in [-0.39, 0.29) is 17.6 Å². The first kappa shape index (κ1) is 13.8. The summed E-state index contributed by atoms with van der Waals surface area (Å²) in [6.07, 6.45) is -0.284. The lowest BCUT2D eigenvalue weighted by atomic mass is 10.2. The molecule has 0 aliphatic rings. The normalized spacial score (nSPS) is 13.5. The highest BCUT2D eigenvalue weighted by molar-refractivity contribution is 6.32. The van der Waals surface area contributed by atoms with Crippen LogP contribution in [0.1, 0.15) is 0 Å². The van der Waals surface area contributed by atoms with Gasteiger partial charge in [-0.25, -0.2) is 0 Å². The second-order valence-corrected chi connectivity index (χ2v) is 2.52. The Labute approximate surface area is 91.0 Å². The highest BCUT2D eigenvalue weighted by atomic mass is 16.3. The summed E-state index contributed by atoms with van der Waals surface area (Å²) < 4.78 is 0. The maximum atomic E-state index is 9.26. The molecule has 0 radical (unpaired) electrons. The van der Waals surface area contributed by atoms with Crippen LogP contribution in [0, 0.1) is 0 Å². The van der Waals surface area contributed by atoms with E-state index in [0.29, 0.717) is 0 Å². The van der Waals surface area contributed by atoms with Gasteiger partial charge in [0.15, 0.2) is 0 Å². The van der Waals surface area contributed by atoms with Crippen LogP contribution < -0.4 is 22.9 Å². The van der Waals surface area contributed by atoms with Crippen molar-refractivity contribution < 1.29 is 10.2 Å². The molecule has 0 rings (SSSR count). The minimum atomic E-state index is -1.29. The Balaban J connectivity index is 4.82. The maximum absolute atomic E-state index is 9.26. The van der Waals surface area contributed by atoms with Crippen LogP contribution in [-0.4, -0.2) is 46.8 Å². The molecule has 10 heteroatoms. The SMILES string of the molecule is NC(N)=NN=CC(=NN=C(N)N)[C@H](O)CO. The van der Waals surface area contributed by atoms with Gasteiger partial charge in [-0.2, -0.15) is 5.10 Å². The first-order chi connectivity index (χ1) is 7.47. The summed E-state index contributed by atoms with van der Waals surface area (Å²) in [5, 5.41) is 31.3. The molecule has 0 saturated heterocycles. The topological polar surface area (TPSA) is 194 Å². The van der Waals surface area contributed by atoms with Crippen LogP contribution in [0.4, 0.5) is 0 Å². The van der Waals surface area contributed by atoms with E-state index in [4.69, 9.17) is 28.0 Å². The molecule has 90 valence electrons. The first-order valence-corrected chi connectivity index (χ1v) is 4.04. The summed E-state index contributed by atoms with van der Waals surface area (Å²) >= 11 is 0. The molecular weight excluding hydrogens is 216 g/mol. The molecule has 10 N–H and O–H groups in total. The van der Waals surface area contributed by atoms with Gasteiger partial charge in [-0.3, -0.25) is 0 Å². The lowest BCUT2D eigenvalue weighted by molar-refractivity contribution is 0.146. The molecule has 0 saturated carbocycles. The molecule has 10 nitrogen and oxygen atoms in total. The van der Waals surface area contributed by atoms with Gasteiger partial charge in [-0.05, 0) is 0 Å². The third-order valence-electron chi connectivity index (χ3n) is 1.16. The Morgan fingerprint density at radius 1 is 1.06 bits per heavy atom. The van der Waals surface area contributed by atoms with Crippen LogP contribution in [0.5, 0.6) is 0 Å². The van der Waals surface area contributed by atoms with Crippen molar-refractivity contribution >= 4 is 23.8 Å². The van der Waals surface area contributed by atoms with Crippen molar-refractivity contribution in [1.82, 2.24) is 0 Å². The minimum absolute atomic E-state index is 0.0964. The Hall–Kier alpha value is -2.20. The molecule has 1 atom stereocenters. The van der Waals surface area contributed by atoms with E-state index in [1.165, 1.54) is 0 Å². The summed E-state index contributed by atoms with van der Waals surface area (Å²) in [7, 11) is 0. The minimum Gasteiger partial charge on any atom is -0.393 e. The summed E-state index contributed by atoms with van der Waals surface area (Å²) in [4.78, 5) is 0. The second kappa shape index (κ2) is 7.14. The predicted octanol–water partition coefficient (Wildman–Crippen LogP) is -3.77. The van der Waals surface area contributed by atoms with Gasteiger partial charge in [0.25, 0.3) is 0 Å². The van der Waals surface area contributed by atoms with Crippen molar-refractivity contribution in [2.24, 2.45) is 43.3 Å². The maximum Gasteiger partial charge on any atom is 0.211 e. The quantitative estimate of drug-likeness (QED) is 0.159. The van der Waals surface area contributed by atoms with Gasteiger partial charge in [0, 0.05) is 0 Å². The number of hydrogen-bond acceptors (Lipinski definition) is 6. The number of nitrogens with two attached hydrogens (primary N) is 4. The van der Waals surface area contributed by atoms with Gasteiger partial charge < -0.3 is 33.1 Å². The predicted molar refractivity (Wildman–Crippen MR) is 60.6 cm³/mol. The number of guanidine groups is 2. The van der Waals surface area contributed by atoms with Crippen molar-refractivity contribution in [3.05, 3.63) is 0 Å². The zero-order chi connectivity index (χ0) is 12.6. The second-order valence-electron chi connectivity index (χ2n) is 2.52. The van der Waals surface area contributed by atoms with Gasteiger partial charge >= 0.3 is 0 Å². The van der Waals surface area contributed by atoms with Gasteiger partial charge in [0.2, 0.25) is 11.9 Å². The van der Waals surface area contributed by atoms with Crippen LogP contribution in [0.15, 0.2) is 20.4 Å². The van der Waals surface area contributed by atoms with Gasteiger partial charge in [-0.15, -0.1) is 15.3 Å². The number of hydrogen-bond donors (Lipinski definition) is 6. The molecule has 16 heavy (non-hydrogen) atoms. The third-order valence-corrected chi connectivity index (χ3v) is 1.16. The van der Waals surface area contributed by atoms with Crippen molar-refractivity contribution in [3.8, 4) is 0 Å².